The number of H-pyrrole nitrogens is 2. The zero-order valence-corrected chi connectivity index (χ0v) is 46.5. The molecule has 8 aromatic carbocycles. The van der Waals surface area contributed by atoms with Gasteiger partial charge in [-0.25, -0.2) is 29.9 Å². The molecule has 418 valence electrons. The van der Waals surface area contributed by atoms with Crippen LogP contribution in [0.1, 0.15) is 0 Å². The van der Waals surface area contributed by atoms with E-state index in [0.29, 0.717) is 103 Å². The normalized spacial score (nSPS) is 11.6. The quantitative estimate of drug-likeness (QED) is 0.120. The van der Waals surface area contributed by atoms with Crippen LogP contribution in [0.25, 0.3) is 112 Å². The number of hydrogen-bond acceptors (Lipinski definition) is 10. The molecule has 17 rings (SSSR count). The van der Waals surface area contributed by atoms with Crippen LogP contribution in [0, 0.1) is 0 Å². The van der Waals surface area contributed by atoms with E-state index in [-0.39, 0.29) is 0 Å². The Morgan fingerprint density at radius 2 is 0.477 bits per heavy atom. The van der Waals surface area contributed by atoms with Crippen LogP contribution in [0.3, 0.4) is 0 Å². The van der Waals surface area contributed by atoms with Gasteiger partial charge in [0, 0.05) is 116 Å². The first-order chi connectivity index (χ1) is 43.5. The van der Waals surface area contributed by atoms with Crippen LogP contribution in [-0.2, 0) is 0 Å². The van der Waals surface area contributed by atoms with Gasteiger partial charge in [-0.2, -0.15) is 0 Å². The Bertz CT molecular complexity index is 4960. The number of nitrogens with one attached hydrogen (secondary N) is 2. The lowest BCUT2D eigenvalue weighted by Gasteiger charge is -2.09. The molecule has 16 nitrogen and oxygen atoms in total. The summed E-state index contributed by atoms with van der Waals surface area (Å²) in [5.74, 6) is 6.73. The lowest BCUT2D eigenvalue weighted by atomic mass is 10.1. The molecule has 0 unspecified atom stereocenters. The Kier molecular flexibility index (Phi) is 11.7. The molecule has 2 N–H and O–H groups in total. The SMILES string of the molecule is c1ccn(-c2ccc(Oc3ccc4c(c3)-c3nc-4nc4[nH]c(nc5nc(nc6[nH]c(n3)c3ccc(Oc7ccc(-n8cccc8)cc7)cc63)-c3ccc(Oc6ccc(-n7cccc7)cc6)cc3-5)c3ccc(Oc5ccc(-n6cccc6)cc5)cc43)cc2)c1. The molecule has 7 aromatic heterocycles. The third-order valence-corrected chi connectivity index (χ3v) is 15.6. The number of nitrogens with zero attached hydrogens (tertiary/aromatic N) is 10. The van der Waals surface area contributed by atoms with E-state index in [1.54, 1.807) is 0 Å². The Morgan fingerprint density at radius 3 is 0.784 bits per heavy atom. The maximum absolute atomic E-state index is 6.56. The molecular formula is C72H46N12O4. The molecule has 15 aromatic rings. The first-order valence-electron chi connectivity index (χ1n) is 28.5. The van der Waals surface area contributed by atoms with Gasteiger partial charge in [0.25, 0.3) is 0 Å². The molecular weight excluding hydrogens is 1100 g/mol. The van der Waals surface area contributed by atoms with Crippen molar-refractivity contribution in [3.63, 3.8) is 0 Å². The van der Waals surface area contributed by atoms with E-state index in [9.17, 15) is 0 Å². The van der Waals surface area contributed by atoms with Gasteiger partial charge in [0.1, 0.15) is 68.6 Å². The number of aromatic nitrogens is 12. The number of hydrogen-bond donors (Lipinski definition) is 2. The highest BCUT2D eigenvalue weighted by Crippen LogP contribution is 2.42. The Balaban J connectivity index is 0.843. The summed E-state index contributed by atoms with van der Waals surface area (Å²) < 4.78 is 34.4. The lowest BCUT2D eigenvalue weighted by molar-refractivity contribution is 0.482. The maximum atomic E-state index is 6.56. The summed E-state index contributed by atoms with van der Waals surface area (Å²) in [5.41, 5.74) is 9.00. The molecule has 9 heterocycles. The predicted molar refractivity (Wildman–Crippen MR) is 339 cm³/mol. The van der Waals surface area contributed by atoms with Crippen LogP contribution < -0.4 is 18.9 Å². The molecule has 0 spiro atoms. The van der Waals surface area contributed by atoms with Gasteiger partial charge in [-0.15, -0.1) is 0 Å². The Morgan fingerprint density at radius 1 is 0.227 bits per heavy atom. The van der Waals surface area contributed by atoms with E-state index >= 15 is 0 Å². The van der Waals surface area contributed by atoms with Crippen molar-refractivity contribution in [1.82, 2.24) is 58.1 Å². The van der Waals surface area contributed by atoms with Crippen LogP contribution in [0.2, 0.25) is 0 Å². The summed E-state index contributed by atoms with van der Waals surface area (Å²) >= 11 is 0. The Labute approximate surface area is 501 Å². The van der Waals surface area contributed by atoms with E-state index in [2.05, 4.69) is 9.97 Å². The summed E-state index contributed by atoms with van der Waals surface area (Å²) in [6.07, 6.45) is 16.1. The molecule has 88 heavy (non-hydrogen) atoms. The molecule has 2 aliphatic heterocycles. The van der Waals surface area contributed by atoms with Crippen molar-refractivity contribution < 1.29 is 18.9 Å². The second-order valence-corrected chi connectivity index (χ2v) is 21.2. The van der Waals surface area contributed by atoms with Gasteiger partial charge in [-0.05, 0) is 218 Å². The number of rotatable bonds is 12. The molecule has 0 aliphatic carbocycles. The minimum atomic E-state index is 0.409. The first-order valence-corrected chi connectivity index (χ1v) is 28.5. The van der Waals surface area contributed by atoms with Crippen molar-refractivity contribution in [1.29, 1.82) is 0 Å². The topological polar surface area (TPSA) is 166 Å². The van der Waals surface area contributed by atoms with Crippen molar-refractivity contribution in [2.45, 2.75) is 0 Å². The highest BCUT2D eigenvalue weighted by Gasteiger charge is 2.25. The molecule has 16 heteroatoms. The summed E-state index contributed by atoms with van der Waals surface area (Å²) in [7, 11) is 0. The fourth-order valence-corrected chi connectivity index (χ4v) is 11.3. The molecule has 0 saturated heterocycles. The molecule has 0 radical (unpaired) electrons. The van der Waals surface area contributed by atoms with E-state index < -0.39 is 0 Å². The Hall–Kier alpha value is -12.6. The van der Waals surface area contributed by atoms with Crippen molar-refractivity contribution in [2.24, 2.45) is 0 Å². The molecule has 0 amide bonds. The van der Waals surface area contributed by atoms with E-state index in [0.717, 1.165) is 55.4 Å². The van der Waals surface area contributed by atoms with E-state index in [4.69, 9.17) is 48.9 Å². The van der Waals surface area contributed by atoms with Gasteiger partial charge in [0.05, 0.1) is 0 Å². The number of aromatic amines is 2. The molecule has 0 fully saturated rings. The fourth-order valence-electron chi connectivity index (χ4n) is 11.3. The average Bonchev–Trinajstić information content (AvgIpc) is 2.38. The predicted octanol–water partition coefficient (Wildman–Crippen LogP) is 17.2. The summed E-state index contributed by atoms with van der Waals surface area (Å²) in [6, 6.07) is 71.3. The monoisotopic (exact) mass is 1140 g/mol. The third-order valence-electron chi connectivity index (χ3n) is 15.6. The van der Waals surface area contributed by atoms with E-state index in [1.807, 2.05) is 286 Å². The fraction of sp³-hybridized carbons (Fsp3) is 0. The second kappa shape index (κ2) is 20.6. The highest BCUT2D eigenvalue weighted by molar-refractivity contribution is 6.07. The minimum absolute atomic E-state index is 0.409. The van der Waals surface area contributed by atoms with Crippen molar-refractivity contribution >= 4 is 44.1 Å². The van der Waals surface area contributed by atoms with Gasteiger partial charge in [-0.1, -0.05) is 0 Å². The molecule has 0 atom stereocenters. The van der Waals surface area contributed by atoms with Crippen LogP contribution >= 0.6 is 0 Å². The number of ether oxygens (including phenoxy) is 4. The molecule has 0 saturated carbocycles. The standard InChI is InChI=1S/C72H46N12O4/c1-2-34-81(33-1)45-9-17-49(18-10-45)85-53-25-29-57-61(41-53)69-73-65(57)78-70-63-43-55(87-51-21-13-47(14-22-51)83-37-5-6-38-83)27-31-59(63)67(75-70)80-72-64-44-56(88-52-23-15-48(16-24-52)84-39-7-8-40-84)28-32-60(64)68(76-72)79-71-62-42-54(26-30-58(62)66(74-71)77-69)86-50-19-11-46(12-20-50)82-35-3-4-36-82/h1-44H,(H2,73,74,75,76,77,78,79,80). The third kappa shape index (κ3) is 9.31. The first kappa shape index (κ1) is 50.0. The van der Waals surface area contributed by atoms with Crippen molar-refractivity contribution in [3.8, 4) is 114 Å². The van der Waals surface area contributed by atoms with Gasteiger partial charge in [0.2, 0.25) is 0 Å². The van der Waals surface area contributed by atoms with Crippen LogP contribution in [0.4, 0.5) is 0 Å². The summed E-state index contributed by atoms with van der Waals surface area (Å²) in [4.78, 5) is 39.1. The van der Waals surface area contributed by atoms with Crippen molar-refractivity contribution in [3.05, 3.63) is 268 Å². The maximum Gasteiger partial charge on any atom is 0.164 e. The zero-order valence-electron chi connectivity index (χ0n) is 46.5. The average molecular weight is 1140 g/mol. The minimum Gasteiger partial charge on any atom is -0.457 e. The van der Waals surface area contributed by atoms with E-state index in [1.165, 1.54) is 0 Å². The van der Waals surface area contributed by atoms with Gasteiger partial charge < -0.3 is 47.2 Å². The molecule has 2 aliphatic rings. The second-order valence-electron chi connectivity index (χ2n) is 21.2. The largest absolute Gasteiger partial charge is 0.457 e. The highest BCUT2D eigenvalue weighted by atomic mass is 16.5. The summed E-state index contributed by atoms with van der Waals surface area (Å²) in [5, 5.41) is 3.03. The van der Waals surface area contributed by atoms with Crippen LogP contribution in [0.5, 0.6) is 46.0 Å². The zero-order chi connectivity index (χ0) is 58.1. The van der Waals surface area contributed by atoms with Crippen LogP contribution in [0.15, 0.2) is 268 Å². The smallest absolute Gasteiger partial charge is 0.164 e. The van der Waals surface area contributed by atoms with Gasteiger partial charge in [-0.3, -0.25) is 0 Å². The van der Waals surface area contributed by atoms with Gasteiger partial charge in [0.15, 0.2) is 23.3 Å². The van der Waals surface area contributed by atoms with Crippen LogP contribution in [-0.4, -0.2) is 58.1 Å². The number of benzene rings is 8. The molecule has 8 bridgehead atoms. The lowest BCUT2D eigenvalue weighted by Crippen LogP contribution is -1.90. The number of fused-ring (bicyclic) bond motifs is 20. The summed E-state index contributed by atoms with van der Waals surface area (Å²) in [6.45, 7) is 0. The van der Waals surface area contributed by atoms with Gasteiger partial charge >= 0.3 is 0 Å². The van der Waals surface area contributed by atoms with Crippen molar-refractivity contribution in [2.75, 3.05) is 0 Å².